The molecule has 0 unspecified atom stereocenters. The zero-order valence-electron chi connectivity index (χ0n) is 7.72. The fraction of sp³-hybridized carbons (Fsp3) is 0.125. The maximum Gasteiger partial charge on any atom is 0.418 e. The van der Waals surface area contributed by atoms with Gasteiger partial charge in [-0.15, -0.1) is 0 Å². The van der Waals surface area contributed by atoms with Crippen molar-refractivity contribution in [2.24, 2.45) is 0 Å². The summed E-state index contributed by atoms with van der Waals surface area (Å²) in [6.45, 7) is 0. The number of carbonyl (C=O) groups excluding carboxylic acids is 1. The lowest BCUT2D eigenvalue weighted by Gasteiger charge is -2.12. The summed E-state index contributed by atoms with van der Waals surface area (Å²) in [5, 5.41) is 9.02. The van der Waals surface area contributed by atoms with Crippen LogP contribution in [0.1, 0.15) is 15.9 Å². The van der Waals surface area contributed by atoms with E-state index >= 15 is 0 Å². The third-order valence-corrected chi connectivity index (χ3v) is 2.61. The Morgan fingerprint density at radius 2 is 1.94 bits per heavy atom. The lowest BCUT2D eigenvalue weighted by atomic mass is 10.1. The quantitative estimate of drug-likeness (QED) is 0.471. The molecule has 0 amide bonds. The molecule has 17 heavy (non-hydrogen) atoms. The SMILES string of the molecule is O=C(Cl)c1cc([N+](=O)[O-])cc(Br)c1C(F)(F)F. The van der Waals surface area contributed by atoms with Crippen molar-refractivity contribution >= 4 is 38.5 Å². The average molecular weight is 332 g/mol. The van der Waals surface area contributed by atoms with Crippen LogP contribution >= 0.6 is 27.5 Å². The van der Waals surface area contributed by atoms with Gasteiger partial charge in [-0.2, -0.15) is 13.2 Å². The molecule has 1 rings (SSSR count). The zero-order chi connectivity index (χ0) is 13.4. The molecule has 0 fully saturated rings. The Bertz CT molecular complexity index is 504. The molecular weight excluding hydrogens is 330 g/mol. The number of halogens is 5. The summed E-state index contributed by atoms with van der Waals surface area (Å²) in [6, 6.07) is 1.15. The minimum absolute atomic E-state index is 0.489. The van der Waals surface area contributed by atoms with Gasteiger partial charge in [-0.05, 0) is 27.5 Å². The third-order valence-electron chi connectivity index (χ3n) is 1.78. The van der Waals surface area contributed by atoms with E-state index in [0.29, 0.717) is 12.1 Å². The van der Waals surface area contributed by atoms with Gasteiger partial charge >= 0.3 is 6.18 Å². The van der Waals surface area contributed by atoms with Crippen LogP contribution in [-0.2, 0) is 6.18 Å². The van der Waals surface area contributed by atoms with Gasteiger partial charge in [0, 0.05) is 16.6 Å². The molecule has 4 nitrogen and oxygen atoms in total. The van der Waals surface area contributed by atoms with Crippen molar-refractivity contribution in [2.75, 3.05) is 0 Å². The first-order chi connectivity index (χ1) is 7.64. The van der Waals surface area contributed by atoms with Crippen LogP contribution in [-0.4, -0.2) is 10.2 Å². The van der Waals surface area contributed by atoms with E-state index in [-0.39, 0.29) is 0 Å². The normalized spacial score (nSPS) is 11.4. The van der Waals surface area contributed by atoms with Crippen molar-refractivity contribution in [1.29, 1.82) is 0 Å². The van der Waals surface area contributed by atoms with Crippen molar-refractivity contribution in [1.82, 2.24) is 0 Å². The zero-order valence-corrected chi connectivity index (χ0v) is 10.1. The van der Waals surface area contributed by atoms with Crippen LogP contribution in [0, 0.1) is 10.1 Å². The van der Waals surface area contributed by atoms with E-state index in [0.717, 1.165) is 0 Å². The number of nitro benzene ring substituents is 1. The molecule has 9 heteroatoms. The molecule has 0 radical (unpaired) electrons. The second-order valence-electron chi connectivity index (χ2n) is 2.88. The number of nitrogens with zero attached hydrogens (tertiary/aromatic N) is 1. The second-order valence-corrected chi connectivity index (χ2v) is 4.08. The highest BCUT2D eigenvalue weighted by molar-refractivity contribution is 9.10. The molecule has 0 atom stereocenters. The monoisotopic (exact) mass is 331 g/mol. The highest BCUT2D eigenvalue weighted by atomic mass is 79.9. The average Bonchev–Trinajstić information content (AvgIpc) is 2.13. The standard InChI is InChI=1S/C8H2BrClF3NO3/c9-5-2-3(14(16)17)1-4(7(10)15)6(5)8(11,12)13/h1-2H. The second kappa shape index (κ2) is 4.61. The van der Waals surface area contributed by atoms with Crippen LogP contribution in [0.3, 0.4) is 0 Å². The van der Waals surface area contributed by atoms with E-state index in [1.807, 2.05) is 0 Å². The Labute approximate surface area is 106 Å². The van der Waals surface area contributed by atoms with Gasteiger partial charge in [-0.25, -0.2) is 0 Å². The number of carbonyl (C=O) groups is 1. The fourth-order valence-electron chi connectivity index (χ4n) is 1.14. The maximum absolute atomic E-state index is 12.6. The summed E-state index contributed by atoms with van der Waals surface area (Å²) in [5.74, 6) is 0. The minimum Gasteiger partial charge on any atom is -0.276 e. The minimum atomic E-state index is -4.84. The lowest BCUT2D eigenvalue weighted by molar-refractivity contribution is -0.385. The van der Waals surface area contributed by atoms with E-state index in [2.05, 4.69) is 15.9 Å². The van der Waals surface area contributed by atoms with Crippen LogP contribution < -0.4 is 0 Å². The van der Waals surface area contributed by atoms with Crippen LogP contribution in [0.2, 0.25) is 0 Å². The van der Waals surface area contributed by atoms with Gasteiger partial charge in [0.15, 0.2) is 0 Å². The van der Waals surface area contributed by atoms with E-state index in [1.54, 1.807) is 0 Å². The van der Waals surface area contributed by atoms with Gasteiger partial charge in [-0.1, -0.05) is 0 Å². The number of nitro groups is 1. The molecule has 0 saturated heterocycles. The van der Waals surface area contributed by atoms with Gasteiger partial charge in [0.25, 0.3) is 10.9 Å². The summed E-state index contributed by atoms with van der Waals surface area (Å²) in [5.41, 5.74) is -2.95. The van der Waals surface area contributed by atoms with E-state index in [1.165, 1.54) is 0 Å². The topological polar surface area (TPSA) is 60.2 Å². The molecule has 0 aromatic heterocycles. The van der Waals surface area contributed by atoms with Crippen LogP contribution in [0.25, 0.3) is 0 Å². The van der Waals surface area contributed by atoms with E-state index in [9.17, 15) is 28.1 Å². The molecule has 0 spiro atoms. The predicted molar refractivity (Wildman–Crippen MR) is 56.0 cm³/mol. The highest BCUT2D eigenvalue weighted by Gasteiger charge is 2.38. The molecule has 92 valence electrons. The van der Waals surface area contributed by atoms with Crippen LogP contribution in [0.5, 0.6) is 0 Å². The van der Waals surface area contributed by atoms with Gasteiger partial charge in [0.2, 0.25) is 0 Å². The first-order valence-corrected chi connectivity index (χ1v) is 5.06. The third kappa shape index (κ3) is 2.95. The Hall–Kier alpha value is -1.15. The predicted octanol–water partition coefficient (Wildman–Crippen LogP) is 3.76. The highest BCUT2D eigenvalue weighted by Crippen LogP contribution is 2.40. The van der Waals surface area contributed by atoms with Gasteiger partial charge in [-0.3, -0.25) is 14.9 Å². The van der Waals surface area contributed by atoms with Crippen molar-refractivity contribution in [2.45, 2.75) is 6.18 Å². The van der Waals surface area contributed by atoms with E-state index < -0.39 is 37.6 Å². The van der Waals surface area contributed by atoms with Crippen molar-refractivity contribution in [3.8, 4) is 0 Å². The summed E-state index contributed by atoms with van der Waals surface area (Å²) in [4.78, 5) is 20.4. The summed E-state index contributed by atoms with van der Waals surface area (Å²) >= 11 is 7.52. The molecule has 1 aromatic carbocycles. The van der Waals surface area contributed by atoms with Gasteiger partial charge in [0.05, 0.1) is 16.1 Å². The summed E-state index contributed by atoms with van der Waals surface area (Å²) in [6.07, 6.45) is -4.84. The van der Waals surface area contributed by atoms with Crippen molar-refractivity contribution in [3.63, 3.8) is 0 Å². The summed E-state index contributed by atoms with van der Waals surface area (Å²) in [7, 11) is 0. The molecule has 0 saturated carbocycles. The van der Waals surface area contributed by atoms with Gasteiger partial charge < -0.3 is 0 Å². The molecule has 0 bridgehead atoms. The lowest BCUT2D eigenvalue weighted by Crippen LogP contribution is -2.12. The smallest absolute Gasteiger partial charge is 0.276 e. The molecule has 0 aliphatic carbocycles. The van der Waals surface area contributed by atoms with Crippen molar-refractivity contribution < 1.29 is 22.9 Å². The molecule has 0 aliphatic heterocycles. The Balaban J connectivity index is 3.61. The first-order valence-electron chi connectivity index (χ1n) is 3.89. The number of non-ortho nitro benzene ring substituents is 1. The first kappa shape index (κ1) is 13.9. The maximum atomic E-state index is 12.6. The number of hydrogen-bond donors (Lipinski definition) is 0. The Kier molecular flexibility index (Phi) is 3.78. The fourth-order valence-corrected chi connectivity index (χ4v) is 1.96. The Morgan fingerprint density at radius 3 is 2.29 bits per heavy atom. The molecule has 0 N–H and O–H groups in total. The number of hydrogen-bond acceptors (Lipinski definition) is 3. The largest absolute Gasteiger partial charge is 0.418 e. The van der Waals surface area contributed by atoms with Crippen LogP contribution in [0.15, 0.2) is 16.6 Å². The van der Waals surface area contributed by atoms with Crippen molar-refractivity contribution in [3.05, 3.63) is 37.8 Å². The van der Waals surface area contributed by atoms with E-state index in [4.69, 9.17) is 11.6 Å². The summed E-state index contributed by atoms with van der Waals surface area (Å²) < 4.78 is 37.2. The van der Waals surface area contributed by atoms with Gasteiger partial charge in [0.1, 0.15) is 0 Å². The number of rotatable bonds is 2. The molecule has 0 aliphatic rings. The van der Waals surface area contributed by atoms with Crippen LogP contribution in [0.4, 0.5) is 18.9 Å². The molecule has 1 aromatic rings. The number of benzene rings is 1. The Morgan fingerprint density at radius 1 is 1.41 bits per heavy atom. The number of alkyl halides is 3. The molecule has 0 heterocycles. The molecular formula is C8H2BrClF3NO3.